The zero-order chi connectivity index (χ0) is 21.3. The van der Waals surface area contributed by atoms with Crippen LogP contribution >= 0.6 is 7.51 Å². The third-order valence-electron chi connectivity index (χ3n) is 5.37. The summed E-state index contributed by atoms with van der Waals surface area (Å²) in [5.41, 5.74) is 2.29. The minimum atomic E-state index is -4.15. The van der Waals surface area contributed by atoms with Gasteiger partial charge in [-0.05, 0) is 0 Å². The second-order valence-corrected chi connectivity index (χ2v) is 10.6. The van der Waals surface area contributed by atoms with Crippen molar-refractivity contribution in [3.05, 3.63) is 77.1 Å². The Kier molecular flexibility index (Phi) is 5.84. The van der Waals surface area contributed by atoms with Gasteiger partial charge in [-0.2, -0.15) is 0 Å². The minimum absolute atomic E-state index is 0.137. The first-order valence-corrected chi connectivity index (χ1v) is 11.3. The monoisotopic (exact) mass is 417 g/mol. The molecule has 156 valence electrons. The van der Waals surface area contributed by atoms with E-state index in [1.807, 2.05) is 61.5 Å². The van der Waals surface area contributed by atoms with Gasteiger partial charge in [0.25, 0.3) is 0 Å². The number of allylic oxidation sites excluding steroid dienone is 2. The molecule has 0 radical (unpaired) electrons. The zero-order valence-corrected chi connectivity index (χ0v) is 18.6. The van der Waals surface area contributed by atoms with Crippen molar-refractivity contribution in [2.45, 2.75) is 12.6 Å². The van der Waals surface area contributed by atoms with Gasteiger partial charge in [0.05, 0.1) is 0 Å². The molecule has 1 atom stereocenters. The van der Waals surface area contributed by atoms with Crippen LogP contribution in [0, 0.1) is 0 Å². The Morgan fingerprint density at radius 2 is 1.48 bits per heavy atom. The molecule has 0 amide bonds. The van der Waals surface area contributed by atoms with Gasteiger partial charge in [0, 0.05) is 0 Å². The summed E-state index contributed by atoms with van der Waals surface area (Å²) >= 11 is 0. The molecule has 1 heterocycles. The third-order valence-corrected chi connectivity index (χ3v) is 9.35. The number of hydrogen-bond acceptors (Lipinski definition) is 6. The van der Waals surface area contributed by atoms with Crippen LogP contribution in [0.15, 0.2) is 65.9 Å². The number of anilines is 1. The molecular formula is C22H28NO5P. The number of Topliss-reactive ketones (excluding diaryl/α,β-unsaturated/α-hetero) is 1. The van der Waals surface area contributed by atoms with Gasteiger partial charge in [-0.25, -0.2) is 0 Å². The van der Waals surface area contributed by atoms with Crippen LogP contribution in [0.4, 0.5) is 5.69 Å². The van der Waals surface area contributed by atoms with Crippen molar-refractivity contribution in [3.8, 4) is 0 Å². The maximum atomic E-state index is 13.5. The average molecular weight is 417 g/mol. The molecule has 0 saturated heterocycles. The Balaban J connectivity index is 2.21. The molecule has 1 aliphatic heterocycles. The van der Waals surface area contributed by atoms with E-state index < -0.39 is 13.2 Å². The molecule has 7 heteroatoms. The Hall–Kier alpha value is -2.24. The molecule has 0 fully saturated rings. The molecular weight excluding hydrogens is 389 g/mol. The topological polar surface area (TPSA) is 57.2 Å². The first-order valence-electron chi connectivity index (χ1n) is 9.30. The Labute approximate surface area is 172 Å². The van der Waals surface area contributed by atoms with Gasteiger partial charge in [0.1, 0.15) is 0 Å². The number of carbonyl (C=O) groups is 1. The van der Waals surface area contributed by atoms with Gasteiger partial charge < -0.3 is 0 Å². The van der Waals surface area contributed by atoms with E-state index in [4.69, 9.17) is 18.1 Å². The average Bonchev–Trinajstić information content (AvgIpc) is 3.04. The van der Waals surface area contributed by atoms with E-state index in [1.54, 1.807) is 19.1 Å². The SMILES string of the molecule is COP1(OC)(OC)OC(C)=C(C(=O)c2ccccc2)C1c1ccc(N(C)C)cc1. The third kappa shape index (κ3) is 3.36. The van der Waals surface area contributed by atoms with Crippen molar-refractivity contribution in [1.29, 1.82) is 0 Å². The Bertz CT molecular complexity index is 909. The van der Waals surface area contributed by atoms with Crippen molar-refractivity contribution in [1.82, 2.24) is 0 Å². The molecule has 6 nitrogen and oxygen atoms in total. The first-order chi connectivity index (χ1) is 13.8. The van der Waals surface area contributed by atoms with Crippen LogP contribution in [-0.2, 0) is 18.1 Å². The van der Waals surface area contributed by atoms with E-state index in [-0.39, 0.29) is 5.78 Å². The van der Waals surface area contributed by atoms with Crippen LogP contribution in [0.1, 0.15) is 28.5 Å². The molecule has 1 unspecified atom stereocenters. The molecule has 3 rings (SSSR count). The number of rotatable bonds is 7. The zero-order valence-electron chi connectivity index (χ0n) is 17.7. The Morgan fingerprint density at radius 3 is 1.97 bits per heavy atom. The summed E-state index contributed by atoms with van der Waals surface area (Å²) in [4.78, 5) is 15.5. The molecule has 2 aromatic carbocycles. The quantitative estimate of drug-likeness (QED) is 0.460. The predicted octanol–water partition coefficient (Wildman–Crippen LogP) is 5.13. The van der Waals surface area contributed by atoms with Crippen molar-refractivity contribution < 1.29 is 22.9 Å². The Morgan fingerprint density at radius 1 is 0.931 bits per heavy atom. The number of benzene rings is 2. The molecule has 0 bridgehead atoms. The van der Waals surface area contributed by atoms with Gasteiger partial charge >= 0.3 is 172 Å². The van der Waals surface area contributed by atoms with E-state index in [2.05, 4.69) is 0 Å². The molecule has 2 aromatic rings. The van der Waals surface area contributed by atoms with Crippen molar-refractivity contribution in [2.24, 2.45) is 0 Å². The normalized spacial score (nSPS) is 21.2. The van der Waals surface area contributed by atoms with Crippen molar-refractivity contribution in [2.75, 3.05) is 40.3 Å². The van der Waals surface area contributed by atoms with E-state index in [0.29, 0.717) is 16.9 Å². The summed E-state index contributed by atoms with van der Waals surface area (Å²) in [6.45, 7) is 1.75. The summed E-state index contributed by atoms with van der Waals surface area (Å²) in [6.07, 6.45) is 0. The molecule has 1 aliphatic rings. The summed E-state index contributed by atoms with van der Waals surface area (Å²) in [7, 11) is 4.29. The van der Waals surface area contributed by atoms with Crippen molar-refractivity contribution in [3.63, 3.8) is 0 Å². The van der Waals surface area contributed by atoms with Gasteiger partial charge in [-0.1, -0.05) is 0 Å². The van der Waals surface area contributed by atoms with Crippen molar-refractivity contribution >= 4 is 19.0 Å². The summed E-state index contributed by atoms with van der Waals surface area (Å²) in [6, 6.07) is 17.0. The fourth-order valence-electron chi connectivity index (χ4n) is 3.80. The number of nitrogens with zero attached hydrogens (tertiary/aromatic N) is 1. The van der Waals surface area contributed by atoms with E-state index in [1.165, 1.54) is 21.3 Å². The summed E-state index contributed by atoms with van der Waals surface area (Å²) in [5.74, 6) is 0.311. The second kappa shape index (κ2) is 7.88. The van der Waals surface area contributed by atoms with Crippen LogP contribution in [0.5, 0.6) is 0 Å². The van der Waals surface area contributed by atoms with Crippen LogP contribution < -0.4 is 4.90 Å². The molecule has 29 heavy (non-hydrogen) atoms. The summed E-state index contributed by atoms with van der Waals surface area (Å²) in [5, 5.41) is 0. The van der Waals surface area contributed by atoms with Crippen LogP contribution in [0.25, 0.3) is 0 Å². The number of ketones is 1. The van der Waals surface area contributed by atoms with Gasteiger partial charge in [-0.15, -0.1) is 0 Å². The predicted molar refractivity (Wildman–Crippen MR) is 116 cm³/mol. The van der Waals surface area contributed by atoms with Crippen LogP contribution in [0.3, 0.4) is 0 Å². The second-order valence-electron chi connectivity index (χ2n) is 7.06. The first kappa shape index (κ1) is 21.5. The number of carbonyl (C=O) groups excluding carboxylic acids is 1. The fourth-order valence-corrected chi connectivity index (χ4v) is 7.18. The van der Waals surface area contributed by atoms with Crippen LogP contribution in [-0.4, -0.2) is 41.2 Å². The molecule has 0 N–H and O–H groups in total. The standard InChI is InChI=1S/C22H28NO5P/c1-16-20(21(24)17-10-8-7-9-11-17)22(29(25-4,26-5,27-6)28-16)18-12-14-19(15-13-18)23(2)3/h7-15,22H,1-6H3. The molecule has 0 spiro atoms. The molecule has 0 aromatic heterocycles. The van der Waals surface area contributed by atoms with Gasteiger partial charge in [0.15, 0.2) is 0 Å². The maximum absolute atomic E-state index is 13.5. The van der Waals surface area contributed by atoms with Gasteiger partial charge in [-0.3, -0.25) is 0 Å². The molecule has 0 saturated carbocycles. The van der Waals surface area contributed by atoms with E-state index in [0.717, 1.165) is 11.3 Å². The van der Waals surface area contributed by atoms with E-state index in [9.17, 15) is 4.79 Å². The fraction of sp³-hybridized carbons (Fsp3) is 0.318. The number of hydrogen-bond donors (Lipinski definition) is 0. The molecule has 0 aliphatic carbocycles. The summed E-state index contributed by atoms with van der Waals surface area (Å²) < 4.78 is 23.8. The van der Waals surface area contributed by atoms with E-state index >= 15 is 0 Å². The van der Waals surface area contributed by atoms with Gasteiger partial charge in [0.2, 0.25) is 0 Å². The van der Waals surface area contributed by atoms with Crippen LogP contribution in [0.2, 0.25) is 0 Å².